The molecule has 2 aromatic heterocycles. The van der Waals surface area contributed by atoms with Crippen LogP contribution in [0.15, 0.2) is 55.1 Å². The second-order valence-electron chi connectivity index (χ2n) is 13.2. The predicted molar refractivity (Wildman–Crippen MR) is 187 cm³/mol. The van der Waals surface area contributed by atoms with E-state index in [1.807, 2.05) is 24.5 Å². The Balaban J connectivity index is 1.13. The number of ether oxygens (including phenoxy) is 3. The summed E-state index contributed by atoms with van der Waals surface area (Å²) < 4.78 is 35.0. The minimum atomic E-state index is -0.596. The van der Waals surface area contributed by atoms with E-state index in [9.17, 15) is 14.0 Å². The number of hydrogen-bond donors (Lipinski definition) is 2. The first kappa shape index (κ1) is 34.4. The fraction of sp³-hybridized carbons (Fsp3) is 0.432. The Kier molecular flexibility index (Phi) is 10.7. The molecular formula is C37H43FN8O5. The molecule has 4 aromatic rings. The molecular weight excluding hydrogens is 655 g/mol. The Morgan fingerprint density at radius 2 is 1.86 bits per heavy atom. The normalized spacial score (nSPS) is 18.6. The SMILES string of the molecule is Cn1cc(C(=O)N2CCOc3c(cc4cc3OCCN(Cc3cnc(NCC5CCCO5)nc3)CCCCNC(=O)c3cc-4ccc3F)C2)cn1. The molecule has 2 amide bonds. The van der Waals surface area contributed by atoms with Gasteiger partial charge in [0.1, 0.15) is 19.0 Å². The molecule has 0 saturated carbocycles. The maximum Gasteiger partial charge on any atom is 0.257 e. The van der Waals surface area contributed by atoms with Gasteiger partial charge < -0.3 is 29.7 Å². The van der Waals surface area contributed by atoms with Gasteiger partial charge in [-0.1, -0.05) is 6.07 Å². The van der Waals surface area contributed by atoms with Crippen molar-refractivity contribution in [1.29, 1.82) is 0 Å². The van der Waals surface area contributed by atoms with E-state index in [2.05, 4.69) is 30.6 Å². The molecule has 0 spiro atoms. The number of aryl methyl sites for hydroxylation is 1. The zero-order valence-corrected chi connectivity index (χ0v) is 28.8. The van der Waals surface area contributed by atoms with Gasteiger partial charge >= 0.3 is 0 Å². The summed E-state index contributed by atoms with van der Waals surface area (Å²) in [4.78, 5) is 39.6. The van der Waals surface area contributed by atoms with Crippen molar-refractivity contribution in [2.24, 2.45) is 7.05 Å². The largest absolute Gasteiger partial charge is 0.488 e. The highest BCUT2D eigenvalue weighted by molar-refractivity contribution is 5.96. The molecule has 1 fully saturated rings. The second kappa shape index (κ2) is 15.9. The maximum absolute atomic E-state index is 15.0. The number of fused-ring (bicyclic) bond motifs is 7. The van der Waals surface area contributed by atoms with E-state index in [-0.39, 0.29) is 30.7 Å². The summed E-state index contributed by atoms with van der Waals surface area (Å²) in [5, 5.41) is 10.3. The molecule has 2 N–H and O–H groups in total. The van der Waals surface area contributed by atoms with E-state index in [0.29, 0.717) is 73.5 Å². The van der Waals surface area contributed by atoms with Crippen molar-refractivity contribution >= 4 is 17.8 Å². The number of nitrogens with zero attached hydrogens (tertiary/aromatic N) is 6. The highest BCUT2D eigenvalue weighted by Crippen LogP contribution is 2.39. The Labute approximate surface area is 296 Å². The molecule has 51 heavy (non-hydrogen) atoms. The Morgan fingerprint density at radius 1 is 1.00 bits per heavy atom. The molecule has 7 rings (SSSR count). The summed E-state index contributed by atoms with van der Waals surface area (Å²) in [6.45, 7) is 5.15. The van der Waals surface area contributed by atoms with E-state index in [1.165, 1.54) is 6.07 Å². The predicted octanol–water partition coefficient (Wildman–Crippen LogP) is 4.05. The van der Waals surface area contributed by atoms with Crippen LogP contribution < -0.4 is 20.1 Å². The third kappa shape index (κ3) is 8.46. The van der Waals surface area contributed by atoms with Gasteiger partial charge in [0.2, 0.25) is 5.95 Å². The van der Waals surface area contributed by atoms with Gasteiger partial charge in [-0.2, -0.15) is 5.10 Å². The van der Waals surface area contributed by atoms with Crippen molar-refractivity contribution < 1.29 is 28.2 Å². The minimum absolute atomic E-state index is 0.0306. The number of nitrogens with one attached hydrogen (secondary N) is 2. The van der Waals surface area contributed by atoms with Gasteiger partial charge in [0, 0.05) is 76.1 Å². The highest BCUT2D eigenvalue weighted by atomic mass is 19.1. The lowest BCUT2D eigenvalue weighted by Gasteiger charge is -2.24. The minimum Gasteiger partial charge on any atom is -0.488 e. The van der Waals surface area contributed by atoms with Gasteiger partial charge in [0.25, 0.3) is 11.8 Å². The smallest absolute Gasteiger partial charge is 0.257 e. The first-order valence-electron chi connectivity index (χ1n) is 17.6. The van der Waals surface area contributed by atoms with Crippen molar-refractivity contribution in [3.8, 4) is 22.6 Å². The molecule has 268 valence electrons. The highest BCUT2D eigenvalue weighted by Gasteiger charge is 2.26. The first-order valence-corrected chi connectivity index (χ1v) is 17.6. The fourth-order valence-corrected chi connectivity index (χ4v) is 6.63. The average Bonchev–Trinajstić information content (AvgIpc) is 3.77. The van der Waals surface area contributed by atoms with E-state index in [4.69, 9.17) is 14.2 Å². The van der Waals surface area contributed by atoms with Crippen LogP contribution in [0.25, 0.3) is 11.1 Å². The molecule has 4 bridgehead atoms. The summed E-state index contributed by atoms with van der Waals surface area (Å²) in [6.07, 6.45) is 10.8. The van der Waals surface area contributed by atoms with E-state index in [1.54, 1.807) is 41.2 Å². The van der Waals surface area contributed by atoms with E-state index < -0.39 is 11.7 Å². The van der Waals surface area contributed by atoms with Crippen LogP contribution >= 0.6 is 0 Å². The summed E-state index contributed by atoms with van der Waals surface area (Å²) in [5.41, 5.74) is 3.52. The zero-order chi connectivity index (χ0) is 35.2. The molecule has 5 heterocycles. The quantitative estimate of drug-likeness (QED) is 0.304. The van der Waals surface area contributed by atoms with Gasteiger partial charge in [-0.05, 0) is 67.6 Å². The number of hydrogen-bond acceptors (Lipinski definition) is 10. The van der Waals surface area contributed by atoms with Crippen molar-refractivity contribution in [2.75, 3.05) is 57.9 Å². The lowest BCUT2D eigenvalue weighted by molar-refractivity contribution is 0.0732. The number of carbonyl (C=O) groups is 2. The number of benzene rings is 2. The lowest BCUT2D eigenvalue weighted by Crippen LogP contribution is -2.32. The zero-order valence-electron chi connectivity index (χ0n) is 28.8. The molecule has 1 atom stereocenters. The summed E-state index contributed by atoms with van der Waals surface area (Å²) in [6, 6.07) is 8.29. The van der Waals surface area contributed by atoms with Crippen LogP contribution in [-0.2, 0) is 24.9 Å². The third-order valence-corrected chi connectivity index (χ3v) is 9.36. The van der Waals surface area contributed by atoms with Crippen LogP contribution in [0, 0.1) is 5.82 Å². The Bertz CT molecular complexity index is 1850. The number of rotatable bonds is 6. The van der Waals surface area contributed by atoms with Gasteiger partial charge in [-0.3, -0.25) is 19.2 Å². The van der Waals surface area contributed by atoms with Crippen LogP contribution in [0.1, 0.15) is 57.5 Å². The van der Waals surface area contributed by atoms with Crippen molar-refractivity contribution in [2.45, 2.75) is 44.9 Å². The topological polar surface area (TPSA) is 136 Å². The molecule has 0 radical (unpaired) electrons. The third-order valence-electron chi connectivity index (χ3n) is 9.36. The Morgan fingerprint density at radius 3 is 2.67 bits per heavy atom. The number of halogens is 1. The standard InChI is InChI=1S/C37H43FN8O5/c1-44-23-29(20-43-44)36(48)46-11-14-51-34-28(24-46)15-27-17-33(34)50-13-10-45(9-3-2-8-39-35(47)31-16-26(27)6-7-32(31)38)22-25-18-40-37(41-19-25)42-21-30-5-4-12-49-30/h6-7,15-20,23,30H,2-5,8-14,21-22,24H2,1H3,(H,39,47)(H,40,41,42). The van der Waals surface area contributed by atoms with Crippen LogP contribution in [-0.4, -0.2) is 100 Å². The summed E-state index contributed by atoms with van der Waals surface area (Å²) in [5.74, 6) is 0.434. The summed E-state index contributed by atoms with van der Waals surface area (Å²) >= 11 is 0. The van der Waals surface area contributed by atoms with E-state index >= 15 is 0 Å². The number of aromatic nitrogens is 4. The molecule has 2 aromatic carbocycles. The van der Waals surface area contributed by atoms with Gasteiger partial charge in [-0.15, -0.1) is 0 Å². The Hall–Kier alpha value is -5.08. The lowest BCUT2D eigenvalue weighted by atomic mass is 9.99. The molecule has 14 heteroatoms. The molecule has 3 aliphatic heterocycles. The maximum atomic E-state index is 15.0. The van der Waals surface area contributed by atoms with Gasteiger partial charge in [0.05, 0.1) is 30.0 Å². The number of carbonyl (C=O) groups excluding carboxylic acids is 2. The first-order chi connectivity index (χ1) is 24.9. The van der Waals surface area contributed by atoms with E-state index in [0.717, 1.165) is 50.0 Å². The molecule has 3 aliphatic rings. The van der Waals surface area contributed by atoms with Crippen LogP contribution in [0.3, 0.4) is 0 Å². The van der Waals surface area contributed by atoms with Gasteiger partial charge in [0.15, 0.2) is 11.5 Å². The molecule has 0 aliphatic carbocycles. The molecule has 13 nitrogen and oxygen atoms in total. The number of amides is 2. The molecule has 1 saturated heterocycles. The van der Waals surface area contributed by atoms with Crippen molar-refractivity contribution in [1.82, 2.24) is 34.9 Å². The van der Waals surface area contributed by atoms with Gasteiger partial charge in [-0.25, -0.2) is 14.4 Å². The van der Waals surface area contributed by atoms with Crippen LogP contribution in [0.5, 0.6) is 11.5 Å². The number of anilines is 1. The average molecular weight is 699 g/mol. The molecule has 1 unspecified atom stereocenters. The summed E-state index contributed by atoms with van der Waals surface area (Å²) in [7, 11) is 1.77. The monoisotopic (exact) mass is 698 g/mol. The van der Waals surface area contributed by atoms with Crippen molar-refractivity contribution in [3.05, 3.63) is 83.2 Å². The second-order valence-corrected chi connectivity index (χ2v) is 13.2. The van der Waals surface area contributed by atoms with Crippen LogP contribution in [0.4, 0.5) is 10.3 Å². The van der Waals surface area contributed by atoms with Crippen molar-refractivity contribution in [3.63, 3.8) is 0 Å². The van der Waals surface area contributed by atoms with Crippen LogP contribution in [0.2, 0.25) is 0 Å². The fourth-order valence-electron chi connectivity index (χ4n) is 6.63.